The minimum Gasteiger partial charge on any atom is -0.486 e. The number of hydrogen-bond acceptors (Lipinski definition) is 3. The third kappa shape index (κ3) is 2.79. The lowest BCUT2D eigenvalue weighted by atomic mass is 9.82. The fourth-order valence-corrected chi connectivity index (χ4v) is 4.44. The van der Waals surface area contributed by atoms with E-state index >= 15 is 4.39 Å². The lowest BCUT2D eigenvalue weighted by Gasteiger charge is -2.37. The van der Waals surface area contributed by atoms with Crippen LogP contribution in [0, 0.1) is 5.82 Å². The van der Waals surface area contributed by atoms with Gasteiger partial charge in [-0.25, -0.2) is 4.39 Å². The van der Waals surface area contributed by atoms with Crippen LogP contribution in [0.25, 0.3) is 16.8 Å². The van der Waals surface area contributed by atoms with Gasteiger partial charge in [0.25, 0.3) is 0 Å². The Bertz CT molecular complexity index is 1340. The van der Waals surface area contributed by atoms with Crippen molar-refractivity contribution in [1.29, 1.82) is 0 Å². The van der Waals surface area contributed by atoms with Crippen molar-refractivity contribution in [2.45, 2.75) is 5.60 Å². The van der Waals surface area contributed by atoms with Gasteiger partial charge in [0, 0.05) is 16.7 Å². The van der Waals surface area contributed by atoms with Gasteiger partial charge in [0.2, 0.25) is 0 Å². The van der Waals surface area contributed by atoms with E-state index in [1.54, 1.807) is 12.1 Å². The first-order chi connectivity index (χ1) is 15.2. The van der Waals surface area contributed by atoms with Gasteiger partial charge in [0.05, 0.1) is 0 Å². The standard InChI is InChI=1S/C27H19FO3/c28-23-8-4-3-7-22(23)27(19-10-12-25-26(17-19)30-16-15-29-25)14-13-21-20-6-2-1-5-18(20)9-11-24(21)31-27/h1-14,17H,15-16H2. The molecule has 4 aromatic carbocycles. The fraction of sp³-hybridized carbons (Fsp3) is 0.111. The molecule has 3 nitrogen and oxygen atoms in total. The number of halogens is 1. The molecule has 0 spiro atoms. The van der Waals surface area contributed by atoms with Gasteiger partial charge in [-0.15, -0.1) is 0 Å². The summed E-state index contributed by atoms with van der Waals surface area (Å²) in [6.45, 7) is 0.996. The summed E-state index contributed by atoms with van der Waals surface area (Å²) in [5.74, 6) is 1.70. The van der Waals surface area contributed by atoms with Gasteiger partial charge in [-0.05, 0) is 47.2 Å². The van der Waals surface area contributed by atoms with Gasteiger partial charge in [-0.2, -0.15) is 0 Å². The van der Waals surface area contributed by atoms with Crippen LogP contribution in [0.4, 0.5) is 4.39 Å². The van der Waals surface area contributed by atoms with Gasteiger partial charge < -0.3 is 14.2 Å². The summed E-state index contributed by atoms with van der Waals surface area (Å²) in [6.07, 6.45) is 3.97. The molecule has 0 aliphatic carbocycles. The summed E-state index contributed by atoms with van der Waals surface area (Å²) in [7, 11) is 0. The maximum Gasteiger partial charge on any atom is 0.181 e. The van der Waals surface area contributed by atoms with E-state index in [1.807, 2.05) is 60.7 Å². The summed E-state index contributed by atoms with van der Waals surface area (Å²) in [5.41, 5.74) is 1.08. The predicted octanol–water partition coefficient (Wildman–Crippen LogP) is 6.10. The molecule has 0 bridgehead atoms. The highest BCUT2D eigenvalue weighted by molar-refractivity contribution is 5.94. The van der Waals surface area contributed by atoms with E-state index in [-0.39, 0.29) is 5.82 Å². The molecular formula is C27H19FO3. The zero-order valence-corrected chi connectivity index (χ0v) is 16.7. The fourth-order valence-electron chi connectivity index (χ4n) is 4.44. The maximum atomic E-state index is 15.1. The van der Waals surface area contributed by atoms with E-state index in [0.717, 1.165) is 21.9 Å². The Morgan fingerprint density at radius 3 is 2.42 bits per heavy atom. The molecule has 0 fully saturated rings. The molecular weight excluding hydrogens is 391 g/mol. The van der Waals surface area contributed by atoms with Crippen molar-refractivity contribution in [3.63, 3.8) is 0 Å². The quantitative estimate of drug-likeness (QED) is 0.400. The molecule has 0 amide bonds. The number of ether oxygens (including phenoxy) is 3. The second kappa shape index (κ2) is 6.88. The minimum absolute atomic E-state index is 0.328. The lowest BCUT2D eigenvalue weighted by molar-refractivity contribution is 0.151. The number of benzene rings is 4. The third-order valence-corrected chi connectivity index (χ3v) is 5.93. The molecule has 2 heterocycles. The van der Waals surface area contributed by atoms with Crippen molar-refractivity contribution in [2.75, 3.05) is 13.2 Å². The van der Waals surface area contributed by atoms with Crippen molar-refractivity contribution >= 4 is 16.8 Å². The number of fused-ring (bicyclic) bond motifs is 4. The molecule has 4 heteroatoms. The first-order valence-electron chi connectivity index (χ1n) is 10.3. The summed E-state index contributed by atoms with van der Waals surface area (Å²) in [6, 6.07) is 24.5. The van der Waals surface area contributed by atoms with Gasteiger partial charge in [-0.3, -0.25) is 0 Å². The smallest absolute Gasteiger partial charge is 0.181 e. The van der Waals surface area contributed by atoms with Crippen molar-refractivity contribution in [2.24, 2.45) is 0 Å². The van der Waals surface area contributed by atoms with Crippen LogP contribution < -0.4 is 14.2 Å². The Labute approximate surface area is 179 Å². The molecule has 2 aliphatic rings. The molecule has 1 unspecified atom stereocenters. The van der Waals surface area contributed by atoms with Crippen molar-refractivity contribution in [1.82, 2.24) is 0 Å². The van der Waals surface area contributed by atoms with E-state index in [9.17, 15) is 0 Å². The molecule has 152 valence electrons. The molecule has 0 radical (unpaired) electrons. The van der Waals surface area contributed by atoms with E-state index in [1.165, 1.54) is 6.07 Å². The van der Waals surface area contributed by atoms with Gasteiger partial charge in [0.15, 0.2) is 17.1 Å². The summed E-state index contributed by atoms with van der Waals surface area (Å²) in [4.78, 5) is 0. The average molecular weight is 410 g/mol. The Balaban J connectivity index is 1.58. The van der Waals surface area contributed by atoms with Gasteiger partial charge in [0.1, 0.15) is 24.8 Å². The van der Waals surface area contributed by atoms with Crippen molar-refractivity contribution in [3.8, 4) is 17.2 Å². The molecule has 4 aromatic rings. The maximum absolute atomic E-state index is 15.1. The topological polar surface area (TPSA) is 27.7 Å². The highest BCUT2D eigenvalue weighted by atomic mass is 19.1. The van der Waals surface area contributed by atoms with Crippen LogP contribution in [0.5, 0.6) is 17.2 Å². The van der Waals surface area contributed by atoms with E-state index in [4.69, 9.17) is 14.2 Å². The molecule has 2 aliphatic heterocycles. The Morgan fingerprint density at radius 2 is 1.52 bits per heavy atom. The van der Waals surface area contributed by atoms with E-state index in [2.05, 4.69) is 12.1 Å². The molecule has 1 atom stereocenters. The van der Waals surface area contributed by atoms with Crippen LogP contribution in [-0.4, -0.2) is 13.2 Å². The molecule has 0 N–H and O–H groups in total. The largest absolute Gasteiger partial charge is 0.486 e. The highest BCUT2D eigenvalue weighted by Gasteiger charge is 2.40. The second-order valence-corrected chi connectivity index (χ2v) is 7.71. The van der Waals surface area contributed by atoms with Crippen LogP contribution >= 0.6 is 0 Å². The van der Waals surface area contributed by atoms with Crippen molar-refractivity contribution < 1.29 is 18.6 Å². The first-order valence-corrected chi connectivity index (χ1v) is 10.3. The van der Waals surface area contributed by atoms with Crippen molar-refractivity contribution in [3.05, 3.63) is 107 Å². The van der Waals surface area contributed by atoms with Crippen LogP contribution in [0.3, 0.4) is 0 Å². The average Bonchev–Trinajstić information content (AvgIpc) is 2.83. The number of rotatable bonds is 2. The van der Waals surface area contributed by atoms with Crippen LogP contribution in [0.1, 0.15) is 16.7 Å². The Kier molecular flexibility index (Phi) is 4.00. The number of hydrogen-bond donors (Lipinski definition) is 0. The normalized spacial score (nSPS) is 19.0. The molecule has 31 heavy (non-hydrogen) atoms. The lowest BCUT2D eigenvalue weighted by Crippen LogP contribution is -2.35. The zero-order valence-electron chi connectivity index (χ0n) is 16.7. The van der Waals surface area contributed by atoms with Crippen LogP contribution in [0.2, 0.25) is 0 Å². The molecule has 0 aromatic heterocycles. The first kappa shape index (κ1) is 18.0. The monoisotopic (exact) mass is 410 g/mol. The summed E-state index contributed by atoms with van der Waals surface area (Å²) in [5, 5.41) is 2.23. The summed E-state index contributed by atoms with van der Waals surface area (Å²) < 4.78 is 33.2. The van der Waals surface area contributed by atoms with Crippen LogP contribution in [0.15, 0.2) is 84.9 Å². The predicted molar refractivity (Wildman–Crippen MR) is 118 cm³/mol. The zero-order chi connectivity index (χ0) is 20.8. The minimum atomic E-state index is -1.13. The second-order valence-electron chi connectivity index (χ2n) is 7.71. The highest BCUT2D eigenvalue weighted by Crippen LogP contribution is 2.46. The van der Waals surface area contributed by atoms with Gasteiger partial charge in [-0.1, -0.05) is 54.6 Å². The van der Waals surface area contributed by atoms with Gasteiger partial charge >= 0.3 is 0 Å². The molecule has 0 saturated carbocycles. The third-order valence-electron chi connectivity index (χ3n) is 5.93. The van der Waals surface area contributed by atoms with E-state index < -0.39 is 5.60 Å². The van der Waals surface area contributed by atoms with Crippen LogP contribution in [-0.2, 0) is 5.60 Å². The summed E-state index contributed by atoms with van der Waals surface area (Å²) >= 11 is 0. The Morgan fingerprint density at radius 1 is 0.742 bits per heavy atom. The van der Waals surface area contributed by atoms with E-state index in [0.29, 0.717) is 36.0 Å². The molecule has 6 rings (SSSR count). The Hall–Kier alpha value is -3.79. The SMILES string of the molecule is Fc1ccccc1C1(c2ccc3c(c2)OCCO3)C=Cc2c(ccc3ccccc23)O1. The molecule has 0 saturated heterocycles.